The fraction of sp³-hybridized carbons (Fsp3) is 0.115. The smallest absolute Gasteiger partial charge is 0.307 e. The highest BCUT2D eigenvalue weighted by Gasteiger charge is 2.14. The van der Waals surface area contributed by atoms with Gasteiger partial charge in [-0.3, -0.25) is 14.8 Å². The number of nitrogen functional groups attached to an aromatic ring is 1. The van der Waals surface area contributed by atoms with Crippen molar-refractivity contribution in [1.82, 2.24) is 9.13 Å². The molecule has 6 nitrogen and oxygen atoms in total. The lowest BCUT2D eigenvalue weighted by Crippen LogP contribution is -2.10. The van der Waals surface area contributed by atoms with Crippen LogP contribution in [0.25, 0.3) is 28.1 Å². The van der Waals surface area contributed by atoms with Crippen molar-refractivity contribution in [3.63, 3.8) is 0 Å². The van der Waals surface area contributed by atoms with Gasteiger partial charge in [-0.25, -0.2) is 0 Å². The van der Waals surface area contributed by atoms with Crippen LogP contribution in [0, 0.1) is 10.2 Å². The van der Waals surface area contributed by atoms with Crippen LogP contribution in [0.5, 0.6) is 0 Å². The van der Waals surface area contributed by atoms with E-state index in [2.05, 4.69) is 24.3 Å². The lowest BCUT2D eigenvalue weighted by atomic mass is 10.0. The van der Waals surface area contributed by atoms with Crippen LogP contribution in [-0.4, -0.2) is 28.0 Å². The van der Waals surface area contributed by atoms with E-state index in [-0.39, 0.29) is 30.6 Å². The summed E-state index contributed by atoms with van der Waals surface area (Å²) in [4.78, 5) is 11.7. The minimum atomic E-state index is -0.272. The summed E-state index contributed by atoms with van der Waals surface area (Å²) in [6, 6.07) is 25.8. The van der Waals surface area contributed by atoms with Crippen molar-refractivity contribution in [2.75, 3.05) is 7.11 Å². The van der Waals surface area contributed by atoms with Gasteiger partial charge in [0.05, 0.1) is 19.2 Å². The Kier molecular flexibility index (Phi) is 8.04. The fourth-order valence-electron chi connectivity index (χ4n) is 3.67. The summed E-state index contributed by atoms with van der Waals surface area (Å²) in [5, 5.41) is 7.55. The third kappa shape index (κ3) is 5.27. The number of para-hydroxylation sites is 1. The first-order chi connectivity index (χ1) is 16.0. The zero-order valence-corrected chi connectivity index (χ0v) is 20.2. The SMILES string of the molecule is COC(=O)CCn1cc(-c2ccc(-c3ccc(C(=N)N)cc3)cc2)n(-c2ccccc2)c1=S.Cl. The fourth-order valence-corrected chi connectivity index (χ4v) is 4.02. The van der Waals surface area contributed by atoms with E-state index in [9.17, 15) is 4.79 Å². The number of benzene rings is 3. The molecule has 1 aromatic heterocycles. The number of aryl methyl sites for hydroxylation is 1. The molecule has 0 bridgehead atoms. The van der Waals surface area contributed by atoms with E-state index in [1.54, 1.807) is 0 Å². The Morgan fingerprint density at radius 2 is 1.50 bits per heavy atom. The van der Waals surface area contributed by atoms with Crippen molar-refractivity contribution in [3.05, 3.63) is 95.4 Å². The summed E-state index contributed by atoms with van der Waals surface area (Å²) in [7, 11) is 1.39. The van der Waals surface area contributed by atoms with Gasteiger partial charge in [-0.15, -0.1) is 12.4 Å². The van der Waals surface area contributed by atoms with Crippen molar-refractivity contribution in [3.8, 4) is 28.1 Å². The van der Waals surface area contributed by atoms with Gasteiger partial charge < -0.3 is 15.0 Å². The number of hydrogen-bond acceptors (Lipinski definition) is 4. The van der Waals surface area contributed by atoms with Crippen LogP contribution in [-0.2, 0) is 16.1 Å². The molecule has 0 saturated carbocycles. The standard InChI is InChI=1S/C26H24N4O2S.ClH/c1-32-24(31)15-16-29-17-23(30(26(29)33)22-5-3-2-4-6-22)20-11-7-18(8-12-20)19-9-13-21(14-10-19)25(27)28;/h2-14,17H,15-16H2,1H3,(H3,27,28);1H. The second-order valence-electron chi connectivity index (χ2n) is 7.56. The molecule has 3 aromatic carbocycles. The number of carbonyl (C=O) groups is 1. The summed E-state index contributed by atoms with van der Waals surface area (Å²) in [6.07, 6.45) is 2.23. The number of carbonyl (C=O) groups excluding carboxylic acids is 1. The molecular formula is C26H25ClN4O2S. The Morgan fingerprint density at radius 3 is 2.06 bits per heavy atom. The number of nitrogens with two attached hydrogens (primary N) is 1. The van der Waals surface area contributed by atoms with Gasteiger partial charge in [0.1, 0.15) is 5.84 Å². The van der Waals surface area contributed by atoms with Gasteiger partial charge >= 0.3 is 5.97 Å². The number of imidazole rings is 1. The summed E-state index contributed by atoms with van der Waals surface area (Å²) in [5.41, 5.74) is 11.3. The average Bonchev–Trinajstić information content (AvgIpc) is 3.19. The molecule has 0 fully saturated rings. The number of hydrogen-bond donors (Lipinski definition) is 2. The molecule has 1 heterocycles. The lowest BCUT2D eigenvalue weighted by Gasteiger charge is -2.10. The highest BCUT2D eigenvalue weighted by Crippen LogP contribution is 2.28. The van der Waals surface area contributed by atoms with Crippen LogP contribution in [0.2, 0.25) is 0 Å². The number of nitrogens with one attached hydrogen (secondary N) is 1. The summed E-state index contributed by atoms with van der Waals surface area (Å²) in [5.74, 6) is -0.218. The maximum absolute atomic E-state index is 11.7. The molecule has 0 amide bonds. The van der Waals surface area contributed by atoms with Crippen molar-refractivity contribution >= 4 is 36.4 Å². The second-order valence-corrected chi connectivity index (χ2v) is 7.92. The van der Waals surface area contributed by atoms with Crippen LogP contribution >= 0.6 is 24.6 Å². The summed E-state index contributed by atoms with van der Waals surface area (Å²) >= 11 is 5.76. The molecular weight excluding hydrogens is 468 g/mol. The Bertz CT molecular complexity index is 1340. The van der Waals surface area contributed by atoms with E-state index in [0.29, 0.717) is 16.9 Å². The van der Waals surface area contributed by atoms with Gasteiger partial charge in [-0.1, -0.05) is 66.7 Å². The molecule has 3 N–H and O–H groups in total. The Balaban J connectivity index is 0.00000324. The third-order valence-corrected chi connectivity index (χ3v) is 5.88. The first kappa shape index (κ1) is 25.0. The molecule has 4 aromatic rings. The van der Waals surface area contributed by atoms with Crippen molar-refractivity contribution in [2.45, 2.75) is 13.0 Å². The molecule has 0 radical (unpaired) electrons. The van der Waals surface area contributed by atoms with Crippen LogP contribution in [0.1, 0.15) is 12.0 Å². The molecule has 0 unspecified atom stereocenters. The van der Waals surface area contributed by atoms with Gasteiger partial charge in [0, 0.05) is 29.6 Å². The lowest BCUT2D eigenvalue weighted by molar-refractivity contribution is -0.140. The second kappa shape index (κ2) is 11.0. The van der Waals surface area contributed by atoms with Crippen molar-refractivity contribution in [2.24, 2.45) is 5.73 Å². The van der Waals surface area contributed by atoms with Crippen LogP contribution in [0.3, 0.4) is 0 Å². The molecule has 0 aliphatic heterocycles. The number of methoxy groups -OCH3 is 1. The summed E-state index contributed by atoms with van der Waals surface area (Å²) < 4.78 is 9.32. The number of amidine groups is 1. The van der Waals surface area contributed by atoms with E-state index in [4.69, 9.17) is 28.1 Å². The highest BCUT2D eigenvalue weighted by molar-refractivity contribution is 7.71. The van der Waals surface area contributed by atoms with Gasteiger partial charge in [0.2, 0.25) is 0 Å². The minimum Gasteiger partial charge on any atom is -0.469 e. The maximum atomic E-state index is 11.7. The quantitative estimate of drug-likeness (QED) is 0.152. The molecule has 174 valence electrons. The normalized spacial score (nSPS) is 10.4. The molecule has 34 heavy (non-hydrogen) atoms. The number of rotatable bonds is 7. The first-order valence-electron chi connectivity index (χ1n) is 10.5. The number of ether oxygens (including phenoxy) is 1. The van der Waals surface area contributed by atoms with Gasteiger partial charge in [-0.2, -0.15) is 0 Å². The maximum Gasteiger partial charge on any atom is 0.307 e. The number of esters is 1. The van der Waals surface area contributed by atoms with Crippen molar-refractivity contribution < 1.29 is 9.53 Å². The van der Waals surface area contributed by atoms with E-state index in [1.165, 1.54) is 7.11 Å². The first-order valence-corrected chi connectivity index (χ1v) is 10.9. The van der Waals surface area contributed by atoms with Crippen LogP contribution in [0.4, 0.5) is 0 Å². The number of halogens is 1. The molecule has 0 atom stereocenters. The zero-order chi connectivity index (χ0) is 23.4. The molecule has 0 aliphatic rings. The van der Waals surface area contributed by atoms with Gasteiger partial charge in [-0.05, 0) is 35.5 Å². The van der Waals surface area contributed by atoms with Gasteiger partial charge in [0.25, 0.3) is 0 Å². The van der Waals surface area contributed by atoms with Crippen molar-refractivity contribution in [1.29, 1.82) is 5.41 Å². The topological polar surface area (TPSA) is 86.0 Å². The number of aromatic nitrogens is 2. The monoisotopic (exact) mass is 492 g/mol. The Hall–Kier alpha value is -3.68. The highest BCUT2D eigenvalue weighted by atomic mass is 35.5. The molecule has 0 aliphatic carbocycles. The van der Waals surface area contributed by atoms with Crippen LogP contribution in [0.15, 0.2) is 85.1 Å². The minimum absolute atomic E-state index is 0. The molecule has 0 saturated heterocycles. The van der Waals surface area contributed by atoms with E-state index in [0.717, 1.165) is 28.1 Å². The Morgan fingerprint density at radius 1 is 0.941 bits per heavy atom. The molecule has 0 spiro atoms. The van der Waals surface area contributed by atoms with E-state index >= 15 is 0 Å². The zero-order valence-electron chi connectivity index (χ0n) is 18.6. The summed E-state index contributed by atoms with van der Waals surface area (Å²) in [6.45, 7) is 0.443. The largest absolute Gasteiger partial charge is 0.469 e. The predicted molar refractivity (Wildman–Crippen MR) is 140 cm³/mol. The third-order valence-electron chi connectivity index (χ3n) is 5.46. The Labute approximate surface area is 209 Å². The van der Waals surface area contributed by atoms with Gasteiger partial charge in [0.15, 0.2) is 4.77 Å². The molecule has 8 heteroatoms. The van der Waals surface area contributed by atoms with E-state index < -0.39 is 0 Å². The molecule has 4 rings (SSSR count). The van der Waals surface area contributed by atoms with Crippen LogP contribution < -0.4 is 5.73 Å². The number of nitrogens with zero attached hydrogens (tertiary/aromatic N) is 2. The average molecular weight is 493 g/mol. The van der Waals surface area contributed by atoms with E-state index in [1.807, 2.05) is 69.9 Å². The predicted octanol–water partition coefficient (Wildman–Crippen LogP) is 5.61.